The van der Waals surface area contributed by atoms with Crippen LogP contribution in [0.25, 0.3) is 0 Å². The quantitative estimate of drug-likeness (QED) is 0.734. The Bertz CT molecular complexity index is 428. The fourth-order valence-corrected chi connectivity index (χ4v) is 1.75. The molecule has 5 nitrogen and oxygen atoms in total. The van der Waals surface area contributed by atoms with Gasteiger partial charge < -0.3 is 10.1 Å². The van der Waals surface area contributed by atoms with E-state index >= 15 is 0 Å². The molecule has 1 aromatic rings. The lowest BCUT2D eigenvalue weighted by atomic mass is 10.2. The van der Waals surface area contributed by atoms with Gasteiger partial charge in [-0.25, -0.2) is 0 Å². The number of carbonyl (C=O) groups excluding carboxylic acids is 1. The number of methoxy groups -OCH3 is 1. The molecule has 5 heteroatoms. The van der Waals surface area contributed by atoms with Crippen LogP contribution in [0.15, 0.2) is 30.3 Å². The highest BCUT2D eigenvalue weighted by atomic mass is 16.5. The van der Waals surface area contributed by atoms with Crippen LogP contribution in [0.1, 0.15) is 12.0 Å². The molecule has 0 spiro atoms. The fraction of sp³-hybridized carbons (Fsp3) is 0.467. The van der Waals surface area contributed by atoms with Gasteiger partial charge in [-0.05, 0) is 5.56 Å². The van der Waals surface area contributed by atoms with Crippen LogP contribution in [0.4, 0.5) is 0 Å². The summed E-state index contributed by atoms with van der Waals surface area (Å²) in [5.74, 6) is -0.0390. The van der Waals surface area contributed by atoms with Crippen LogP contribution in [-0.2, 0) is 16.1 Å². The lowest BCUT2D eigenvalue weighted by molar-refractivity contribution is -0.122. The summed E-state index contributed by atoms with van der Waals surface area (Å²) in [5, 5.41) is 11.5. The lowest BCUT2D eigenvalue weighted by Crippen LogP contribution is -2.39. The highest BCUT2D eigenvalue weighted by molar-refractivity contribution is 5.78. The minimum atomic E-state index is -0.0390. The topological polar surface area (TPSA) is 65.4 Å². The SMILES string of the molecule is COCCN(CCC#N)CC(=O)NCc1ccccc1. The fourth-order valence-electron chi connectivity index (χ4n) is 1.75. The van der Waals surface area contributed by atoms with Crippen LogP contribution < -0.4 is 5.32 Å². The van der Waals surface area contributed by atoms with Gasteiger partial charge in [0.15, 0.2) is 0 Å². The van der Waals surface area contributed by atoms with E-state index in [4.69, 9.17) is 10.00 Å². The Morgan fingerprint density at radius 3 is 2.75 bits per heavy atom. The van der Waals surface area contributed by atoms with Gasteiger partial charge in [-0.2, -0.15) is 5.26 Å². The normalized spacial score (nSPS) is 10.2. The third kappa shape index (κ3) is 6.88. The van der Waals surface area contributed by atoms with E-state index in [0.717, 1.165) is 5.56 Å². The molecule has 0 bridgehead atoms. The minimum Gasteiger partial charge on any atom is -0.383 e. The van der Waals surface area contributed by atoms with E-state index in [1.165, 1.54) is 0 Å². The highest BCUT2D eigenvalue weighted by Gasteiger charge is 2.10. The van der Waals surface area contributed by atoms with Crippen LogP contribution in [0.5, 0.6) is 0 Å². The summed E-state index contributed by atoms with van der Waals surface area (Å²) in [7, 11) is 1.62. The number of rotatable bonds is 9. The van der Waals surface area contributed by atoms with Crippen LogP contribution in [0.3, 0.4) is 0 Å². The number of carbonyl (C=O) groups is 1. The van der Waals surface area contributed by atoms with Crippen molar-refractivity contribution in [3.05, 3.63) is 35.9 Å². The van der Waals surface area contributed by atoms with Crippen molar-refractivity contribution in [2.45, 2.75) is 13.0 Å². The molecular formula is C15H21N3O2. The molecule has 20 heavy (non-hydrogen) atoms. The van der Waals surface area contributed by atoms with Crippen molar-refractivity contribution in [2.24, 2.45) is 0 Å². The van der Waals surface area contributed by atoms with E-state index in [1.54, 1.807) is 7.11 Å². The van der Waals surface area contributed by atoms with Crippen molar-refractivity contribution in [3.63, 3.8) is 0 Å². The average molecular weight is 275 g/mol. The van der Waals surface area contributed by atoms with Crippen molar-refractivity contribution < 1.29 is 9.53 Å². The third-order valence-corrected chi connectivity index (χ3v) is 2.85. The Balaban J connectivity index is 2.35. The van der Waals surface area contributed by atoms with Gasteiger partial charge in [-0.3, -0.25) is 9.69 Å². The summed E-state index contributed by atoms with van der Waals surface area (Å²) < 4.78 is 5.01. The molecule has 0 saturated heterocycles. The standard InChI is InChI=1S/C15H21N3O2/c1-20-11-10-18(9-5-8-16)13-15(19)17-12-14-6-3-2-4-7-14/h2-4,6-7H,5,9-13H2,1H3,(H,17,19). The zero-order valence-electron chi connectivity index (χ0n) is 11.8. The number of nitriles is 1. The molecule has 0 radical (unpaired) electrons. The van der Waals surface area contributed by atoms with Gasteiger partial charge in [-0.15, -0.1) is 0 Å². The summed E-state index contributed by atoms with van der Waals surface area (Å²) in [4.78, 5) is 13.8. The van der Waals surface area contributed by atoms with Crippen LogP contribution >= 0.6 is 0 Å². The summed E-state index contributed by atoms with van der Waals surface area (Å²) in [6, 6.07) is 11.9. The molecule has 0 aliphatic rings. The summed E-state index contributed by atoms with van der Waals surface area (Å²) in [6.45, 7) is 2.60. The molecule has 1 N–H and O–H groups in total. The Morgan fingerprint density at radius 2 is 2.10 bits per heavy atom. The zero-order chi connectivity index (χ0) is 14.6. The van der Waals surface area contributed by atoms with Gasteiger partial charge in [0.1, 0.15) is 0 Å². The average Bonchev–Trinajstić information content (AvgIpc) is 2.49. The van der Waals surface area contributed by atoms with Gasteiger partial charge in [0, 0.05) is 33.2 Å². The van der Waals surface area contributed by atoms with E-state index in [9.17, 15) is 4.79 Å². The second kappa shape index (κ2) is 9.96. The monoisotopic (exact) mass is 275 g/mol. The first kappa shape index (κ1) is 16.2. The molecule has 0 heterocycles. The van der Waals surface area contributed by atoms with Gasteiger partial charge in [0.05, 0.1) is 19.2 Å². The number of hydrogen-bond acceptors (Lipinski definition) is 4. The first-order valence-corrected chi connectivity index (χ1v) is 6.65. The lowest BCUT2D eigenvalue weighted by Gasteiger charge is -2.20. The maximum absolute atomic E-state index is 11.9. The van der Waals surface area contributed by atoms with Crippen molar-refractivity contribution in [2.75, 3.05) is 33.4 Å². The van der Waals surface area contributed by atoms with Crippen molar-refractivity contribution >= 4 is 5.91 Å². The van der Waals surface area contributed by atoms with Crippen LogP contribution in [0, 0.1) is 11.3 Å². The molecule has 0 atom stereocenters. The maximum Gasteiger partial charge on any atom is 0.234 e. The summed E-state index contributed by atoms with van der Waals surface area (Å²) in [5.41, 5.74) is 1.07. The number of ether oxygens (including phenoxy) is 1. The minimum absolute atomic E-state index is 0.0390. The number of amides is 1. The Hall–Kier alpha value is -1.90. The molecule has 0 saturated carbocycles. The maximum atomic E-state index is 11.9. The Morgan fingerprint density at radius 1 is 1.35 bits per heavy atom. The zero-order valence-corrected chi connectivity index (χ0v) is 11.8. The van der Waals surface area contributed by atoms with Crippen molar-refractivity contribution in [3.8, 4) is 6.07 Å². The second-order valence-electron chi connectivity index (χ2n) is 4.44. The van der Waals surface area contributed by atoms with Crippen LogP contribution in [-0.4, -0.2) is 44.2 Å². The van der Waals surface area contributed by atoms with Gasteiger partial charge in [-0.1, -0.05) is 30.3 Å². The molecule has 1 amide bonds. The Kier molecular flexibility index (Phi) is 8.04. The number of nitrogens with one attached hydrogen (secondary N) is 1. The number of hydrogen-bond donors (Lipinski definition) is 1. The first-order chi connectivity index (χ1) is 9.76. The second-order valence-corrected chi connectivity index (χ2v) is 4.44. The van der Waals surface area contributed by atoms with E-state index in [0.29, 0.717) is 32.7 Å². The predicted octanol–water partition coefficient (Wildman–Crippen LogP) is 1.16. The first-order valence-electron chi connectivity index (χ1n) is 6.65. The molecule has 0 aliphatic carbocycles. The number of benzene rings is 1. The molecule has 0 aromatic heterocycles. The molecule has 1 rings (SSSR count). The largest absolute Gasteiger partial charge is 0.383 e. The van der Waals surface area contributed by atoms with E-state index in [2.05, 4.69) is 11.4 Å². The third-order valence-electron chi connectivity index (χ3n) is 2.85. The number of nitrogens with zero attached hydrogens (tertiary/aromatic N) is 2. The van der Waals surface area contributed by atoms with E-state index in [1.807, 2.05) is 35.2 Å². The molecular weight excluding hydrogens is 254 g/mol. The van der Waals surface area contributed by atoms with E-state index < -0.39 is 0 Å². The van der Waals surface area contributed by atoms with E-state index in [-0.39, 0.29) is 12.5 Å². The summed E-state index contributed by atoms with van der Waals surface area (Å²) >= 11 is 0. The Labute approximate surface area is 120 Å². The highest BCUT2D eigenvalue weighted by Crippen LogP contribution is 1.97. The van der Waals surface area contributed by atoms with Crippen molar-refractivity contribution in [1.29, 1.82) is 5.26 Å². The van der Waals surface area contributed by atoms with Gasteiger partial charge >= 0.3 is 0 Å². The predicted molar refractivity (Wildman–Crippen MR) is 76.8 cm³/mol. The van der Waals surface area contributed by atoms with Crippen LogP contribution in [0.2, 0.25) is 0 Å². The van der Waals surface area contributed by atoms with Gasteiger partial charge in [0.2, 0.25) is 5.91 Å². The molecule has 108 valence electrons. The van der Waals surface area contributed by atoms with Crippen molar-refractivity contribution in [1.82, 2.24) is 10.2 Å². The molecule has 1 aromatic carbocycles. The summed E-state index contributed by atoms with van der Waals surface area (Å²) in [6.07, 6.45) is 0.412. The smallest absolute Gasteiger partial charge is 0.234 e. The molecule has 0 aliphatic heterocycles. The molecule has 0 unspecified atom stereocenters. The van der Waals surface area contributed by atoms with Gasteiger partial charge in [0.25, 0.3) is 0 Å². The molecule has 0 fully saturated rings.